The highest BCUT2D eigenvalue weighted by Crippen LogP contribution is 2.55. The van der Waals surface area contributed by atoms with Gasteiger partial charge in [0.1, 0.15) is 5.15 Å². The SMILES string of the molecule is FC1(F)CC1c1ccnc(Cl)c1. The maximum absolute atomic E-state index is 12.6. The molecule has 0 spiro atoms. The van der Waals surface area contributed by atoms with E-state index in [9.17, 15) is 8.78 Å². The molecule has 0 N–H and O–H groups in total. The summed E-state index contributed by atoms with van der Waals surface area (Å²) < 4.78 is 25.1. The van der Waals surface area contributed by atoms with Crippen LogP contribution >= 0.6 is 11.6 Å². The van der Waals surface area contributed by atoms with Gasteiger partial charge in [0.2, 0.25) is 0 Å². The average molecular weight is 190 g/mol. The fraction of sp³-hybridized carbons (Fsp3) is 0.375. The number of halogens is 3. The van der Waals surface area contributed by atoms with Crippen LogP contribution in [0.3, 0.4) is 0 Å². The molecule has 1 nitrogen and oxygen atoms in total. The lowest BCUT2D eigenvalue weighted by atomic mass is 10.2. The molecule has 1 saturated carbocycles. The summed E-state index contributed by atoms with van der Waals surface area (Å²) in [5.41, 5.74) is 0.583. The monoisotopic (exact) mass is 189 g/mol. The molecule has 1 aliphatic carbocycles. The minimum Gasteiger partial charge on any atom is -0.245 e. The van der Waals surface area contributed by atoms with Crippen molar-refractivity contribution in [2.24, 2.45) is 0 Å². The lowest BCUT2D eigenvalue weighted by Gasteiger charge is -1.97. The zero-order valence-electron chi connectivity index (χ0n) is 6.10. The fourth-order valence-corrected chi connectivity index (χ4v) is 1.39. The predicted octanol–water partition coefficient (Wildman–Crippen LogP) is 2.86. The van der Waals surface area contributed by atoms with Crippen molar-refractivity contribution in [2.45, 2.75) is 18.3 Å². The molecule has 1 atom stereocenters. The molecule has 64 valence electrons. The quantitative estimate of drug-likeness (QED) is 0.619. The van der Waals surface area contributed by atoms with Gasteiger partial charge in [-0.15, -0.1) is 0 Å². The Morgan fingerprint density at radius 3 is 2.75 bits per heavy atom. The summed E-state index contributed by atoms with van der Waals surface area (Å²) in [5.74, 6) is -3.16. The Morgan fingerprint density at radius 1 is 1.58 bits per heavy atom. The molecule has 0 radical (unpaired) electrons. The van der Waals surface area contributed by atoms with Crippen molar-refractivity contribution in [3.05, 3.63) is 29.0 Å². The molecule has 1 heterocycles. The van der Waals surface area contributed by atoms with Crippen LogP contribution in [-0.2, 0) is 0 Å². The van der Waals surface area contributed by atoms with Gasteiger partial charge in [-0.3, -0.25) is 0 Å². The lowest BCUT2D eigenvalue weighted by molar-refractivity contribution is 0.112. The van der Waals surface area contributed by atoms with Crippen molar-refractivity contribution in [3.8, 4) is 0 Å². The molecule has 4 heteroatoms. The molecular weight excluding hydrogens is 184 g/mol. The van der Waals surface area contributed by atoms with Crippen LogP contribution in [0.2, 0.25) is 5.15 Å². The number of aromatic nitrogens is 1. The van der Waals surface area contributed by atoms with E-state index in [-0.39, 0.29) is 11.6 Å². The normalized spacial score (nSPS) is 25.4. The molecule has 2 rings (SSSR count). The first kappa shape index (κ1) is 7.92. The zero-order valence-corrected chi connectivity index (χ0v) is 6.85. The maximum Gasteiger partial charge on any atom is 0.255 e. The van der Waals surface area contributed by atoms with E-state index in [4.69, 9.17) is 11.6 Å². The minimum atomic E-state index is -2.52. The Labute approximate surface area is 73.4 Å². The van der Waals surface area contributed by atoms with Crippen molar-refractivity contribution in [2.75, 3.05) is 0 Å². The van der Waals surface area contributed by atoms with E-state index in [1.54, 1.807) is 6.07 Å². The van der Waals surface area contributed by atoms with Crippen LogP contribution in [0.1, 0.15) is 17.9 Å². The highest BCUT2D eigenvalue weighted by Gasteiger charge is 2.57. The van der Waals surface area contributed by atoms with Crippen LogP contribution in [-0.4, -0.2) is 10.9 Å². The number of pyridine rings is 1. The fourth-order valence-electron chi connectivity index (χ4n) is 1.21. The molecule has 0 saturated heterocycles. The van der Waals surface area contributed by atoms with Crippen LogP contribution in [0.25, 0.3) is 0 Å². The third-order valence-corrected chi connectivity index (χ3v) is 2.19. The number of nitrogens with zero attached hydrogens (tertiary/aromatic N) is 1. The summed E-state index contributed by atoms with van der Waals surface area (Å²) in [6.07, 6.45) is 1.39. The second-order valence-corrected chi connectivity index (χ2v) is 3.32. The van der Waals surface area contributed by atoms with Crippen LogP contribution in [0, 0.1) is 0 Å². The smallest absolute Gasteiger partial charge is 0.245 e. The van der Waals surface area contributed by atoms with E-state index in [0.29, 0.717) is 5.56 Å². The summed E-state index contributed by atoms with van der Waals surface area (Å²) in [4.78, 5) is 3.72. The first-order valence-corrected chi connectivity index (χ1v) is 3.97. The molecule has 0 aromatic carbocycles. The van der Waals surface area contributed by atoms with Gasteiger partial charge in [0.25, 0.3) is 5.92 Å². The standard InChI is InChI=1S/C8H6ClF2N/c9-7-3-5(1-2-12-7)6-4-8(6,10)11/h1-3,6H,4H2. The van der Waals surface area contributed by atoms with Crippen LogP contribution < -0.4 is 0 Å². The largest absolute Gasteiger partial charge is 0.255 e. The van der Waals surface area contributed by atoms with Crippen molar-refractivity contribution in [3.63, 3.8) is 0 Å². The van der Waals surface area contributed by atoms with E-state index in [1.807, 2.05) is 0 Å². The summed E-state index contributed by atoms with van der Waals surface area (Å²) in [6.45, 7) is 0. The Bertz CT molecular complexity index is 314. The number of hydrogen-bond donors (Lipinski definition) is 0. The number of hydrogen-bond acceptors (Lipinski definition) is 1. The Hall–Kier alpha value is -0.700. The summed E-state index contributed by atoms with van der Waals surface area (Å²) in [6, 6.07) is 3.07. The van der Waals surface area contributed by atoms with Gasteiger partial charge in [0.15, 0.2) is 0 Å². The molecule has 0 bridgehead atoms. The van der Waals surface area contributed by atoms with E-state index in [0.717, 1.165) is 0 Å². The second-order valence-electron chi connectivity index (χ2n) is 2.93. The van der Waals surface area contributed by atoms with Gasteiger partial charge in [-0.1, -0.05) is 11.6 Å². The van der Waals surface area contributed by atoms with Crippen molar-refractivity contribution in [1.82, 2.24) is 4.98 Å². The zero-order chi connectivity index (χ0) is 8.77. The molecule has 1 aliphatic rings. The van der Waals surface area contributed by atoms with Gasteiger partial charge in [-0.2, -0.15) is 0 Å². The molecule has 12 heavy (non-hydrogen) atoms. The molecule has 1 unspecified atom stereocenters. The van der Waals surface area contributed by atoms with Crippen LogP contribution in [0.4, 0.5) is 8.78 Å². The maximum atomic E-state index is 12.6. The molecule has 1 aromatic rings. The summed E-state index contributed by atoms with van der Waals surface area (Å²) >= 11 is 5.55. The van der Waals surface area contributed by atoms with E-state index >= 15 is 0 Å². The summed E-state index contributed by atoms with van der Waals surface area (Å²) in [5, 5.41) is 0.273. The van der Waals surface area contributed by atoms with Gasteiger partial charge in [0, 0.05) is 12.6 Å². The number of alkyl halides is 2. The molecule has 0 aliphatic heterocycles. The van der Waals surface area contributed by atoms with E-state index in [2.05, 4.69) is 4.98 Å². The molecule has 1 aromatic heterocycles. The second kappa shape index (κ2) is 2.39. The van der Waals surface area contributed by atoms with E-state index < -0.39 is 11.8 Å². The Balaban J connectivity index is 2.26. The topological polar surface area (TPSA) is 12.9 Å². The molecular formula is C8H6ClF2N. The Kier molecular flexibility index (Phi) is 1.58. The van der Waals surface area contributed by atoms with Gasteiger partial charge in [-0.05, 0) is 17.7 Å². The summed E-state index contributed by atoms with van der Waals surface area (Å²) in [7, 11) is 0. The molecule has 1 fully saturated rings. The first-order valence-electron chi connectivity index (χ1n) is 3.59. The average Bonchev–Trinajstić information content (AvgIpc) is 2.60. The van der Waals surface area contributed by atoms with Gasteiger partial charge < -0.3 is 0 Å². The minimum absolute atomic E-state index is 0.0622. The number of rotatable bonds is 1. The first-order chi connectivity index (χ1) is 5.59. The van der Waals surface area contributed by atoms with Gasteiger partial charge >= 0.3 is 0 Å². The van der Waals surface area contributed by atoms with Crippen LogP contribution in [0.5, 0.6) is 0 Å². The van der Waals surface area contributed by atoms with Crippen molar-refractivity contribution < 1.29 is 8.78 Å². The lowest BCUT2D eigenvalue weighted by Crippen LogP contribution is -1.92. The van der Waals surface area contributed by atoms with Crippen molar-refractivity contribution in [1.29, 1.82) is 0 Å². The highest BCUT2D eigenvalue weighted by atomic mass is 35.5. The third kappa shape index (κ3) is 1.29. The predicted molar refractivity (Wildman–Crippen MR) is 41.6 cm³/mol. The van der Waals surface area contributed by atoms with Gasteiger partial charge in [0.05, 0.1) is 5.92 Å². The highest BCUT2D eigenvalue weighted by molar-refractivity contribution is 6.29. The molecule has 0 amide bonds. The van der Waals surface area contributed by atoms with Crippen LogP contribution in [0.15, 0.2) is 18.3 Å². The van der Waals surface area contributed by atoms with Crippen molar-refractivity contribution >= 4 is 11.6 Å². The van der Waals surface area contributed by atoms with Gasteiger partial charge in [-0.25, -0.2) is 13.8 Å². The third-order valence-electron chi connectivity index (χ3n) is 1.98. The Morgan fingerprint density at radius 2 is 2.25 bits per heavy atom. The van der Waals surface area contributed by atoms with E-state index in [1.165, 1.54) is 12.3 Å².